The molecule has 1 N–H and O–H groups in total. The summed E-state index contributed by atoms with van der Waals surface area (Å²) >= 11 is 1.25. The lowest BCUT2D eigenvalue weighted by Crippen LogP contribution is -2.30. The third kappa shape index (κ3) is 3.75. The van der Waals surface area contributed by atoms with E-state index in [1.54, 1.807) is 22.2 Å². The molecule has 1 fully saturated rings. The van der Waals surface area contributed by atoms with Gasteiger partial charge in [-0.25, -0.2) is 13.1 Å². The lowest BCUT2D eigenvalue weighted by Gasteiger charge is -2.15. The van der Waals surface area contributed by atoms with Crippen LogP contribution >= 0.6 is 11.3 Å². The third-order valence-corrected chi connectivity index (χ3v) is 6.68. The predicted molar refractivity (Wildman–Crippen MR) is 86.1 cm³/mol. The van der Waals surface area contributed by atoms with E-state index in [4.69, 9.17) is 0 Å². The van der Waals surface area contributed by atoms with Crippen molar-refractivity contribution in [1.82, 2.24) is 19.4 Å². The number of likely N-dealkylation sites (tertiary alicyclic amines) is 1. The molecule has 1 atom stereocenters. The van der Waals surface area contributed by atoms with Gasteiger partial charge in [0.25, 0.3) is 0 Å². The van der Waals surface area contributed by atoms with Crippen LogP contribution in [-0.2, 0) is 23.6 Å². The summed E-state index contributed by atoms with van der Waals surface area (Å²) in [6.45, 7) is 3.30. The summed E-state index contributed by atoms with van der Waals surface area (Å²) in [5, 5.41) is 5.95. The van der Waals surface area contributed by atoms with Gasteiger partial charge in [-0.15, -0.1) is 11.3 Å². The van der Waals surface area contributed by atoms with Gasteiger partial charge in [0.15, 0.2) is 0 Å². The molecular formula is C14H20N4O2S2. The fourth-order valence-electron chi connectivity index (χ4n) is 2.75. The van der Waals surface area contributed by atoms with Crippen LogP contribution in [0.4, 0.5) is 0 Å². The molecule has 0 spiro atoms. The number of nitrogens with zero attached hydrogens (tertiary/aromatic N) is 3. The van der Waals surface area contributed by atoms with Crippen molar-refractivity contribution >= 4 is 21.4 Å². The van der Waals surface area contributed by atoms with Crippen molar-refractivity contribution in [2.45, 2.75) is 17.2 Å². The van der Waals surface area contributed by atoms with Gasteiger partial charge in [-0.05, 0) is 30.3 Å². The molecular weight excluding hydrogens is 320 g/mol. The Kier molecular flexibility index (Phi) is 4.62. The minimum Gasteiger partial charge on any atom is -0.299 e. The number of hydrogen-bond donors (Lipinski definition) is 1. The van der Waals surface area contributed by atoms with Gasteiger partial charge in [0.05, 0.1) is 6.20 Å². The smallest absolute Gasteiger partial charge is 0.250 e. The Morgan fingerprint density at radius 3 is 3.05 bits per heavy atom. The highest BCUT2D eigenvalue weighted by molar-refractivity contribution is 7.91. The largest absolute Gasteiger partial charge is 0.299 e. The Morgan fingerprint density at radius 1 is 1.50 bits per heavy atom. The monoisotopic (exact) mass is 340 g/mol. The number of rotatable bonds is 6. The number of sulfonamides is 1. The molecule has 8 heteroatoms. The van der Waals surface area contributed by atoms with Gasteiger partial charge in [-0.3, -0.25) is 9.58 Å². The summed E-state index contributed by atoms with van der Waals surface area (Å²) in [7, 11) is -1.43. The zero-order valence-electron chi connectivity index (χ0n) is 12.5. The average molecular weight is 340 g/mol. The van der Waals surface area contributed by atoms with Crippen molar-refractivity contribution in [3.05, 3.63) is 35.5 Å². The summed E-state index contributed by atoms with van der Waals surface area (Å²) in [6.07, 6.45) is 4.92. The van der Waals surface area contributed by atoms with Gasteiger partial charge in [-0.2, -0.15) is 5.10 Å². The van der Waals surface area contributed by atoms with Crippen LogP contribution in [0.3, 0.4) is 0 Å². The van der Waals surface area contributed by atoms with Crippen molar-refractivity contribution in [2.75, 3.05) is 19.6 Å². The molecule has 2 aromatic heterocycles. The minimum absolute atomic E-state index is 0.367. The van der Waals surface area contributed by atoms with Crippen molar-refractivity contribution in [1.29, 1.82) is 0 Å². The number of nitrogens with one attached hydrogen (secondary N) is 1. The summed E-state index contributed by atoms with van der Waals surface area (Å²) in [4.78, 5) is 2.35. The summed E-state index contributed by atoms with van der Waals surface area (Å²) in [6, 6.07) is 3.39. The van der Waals surface area contributed by atoms with Crippen LogP contribution in [0.25, 0.3) is 0 Å². The molecule has 0 amide bonds. The third-order valence-electron chi connectivity index (χ3n) is 3.86. The molecule has 120 valence electrons. The normalized spacial score (nSPS) is 19.8. The number of aryl methyl sites for hydroxylation is 1. The van der Waals surface area contributed by atoms with E-state index in [9.17, 15) is 8.42 Å². The van der Waals surface area contributed by atoms with E-state index in [0.717, 1.165) is 26.1 Å². The highest BCUT2D eigenvalue weighted by Gasteiger charge is 2.25. The Morgan fingerprint density at radius 2 is 2.36 bits per heavy atom. The molecule has 1 aliphatic heterocycles. The van der Waals surface area contributed by atoms with Gasteiger partial charge in [0.1, 0.15) is 4.21 Å². The molecule has 22 heavy (non-hydrogen) atoms. The zero-order chi connectivity index (χ0) is 15.6. The van der Waals surface area contributed by atoms with Gasteiger partial charge >= 0.3 is 0 Å². The Hall–Kier alpha value is -1.22. The fraction of sp³-hybridized carbons (Fsp3) is 0.500. The van der Waals surface area contributed by atoms with Crippen LogP contribution < -0.4 is 4.72 Å². The molecule has 1 aliphatic rings. The van der Waals surface area contributed by atoms with Crippen molar-refractivity contribution in [3.8, 4) is 0 Å². The second-order valence-electron chi connectivity index (χ2n) is 5.70. The highest BCUT2D eigenvalue weighted by Crippen LogP contribution is 2.20. The number of aromatic nitrogens is 2. The van der Waals surface area contributed by atoms with Crippen molar-refractivity contribution in [3.63, 3.8) is 0 Å². The second kappa shape index (κ2) is 6.49. The molecule has 0 aliphatic carbocycles. The molecule has 2 aromatic rings. The molecule has 0 unspecified atom stereocenters. The Bertz CT molecular complexity index is 709. The van der Waals surface area contributed by atoms with E-state index < -0.39 is 10.0 Å². The van der Waals surface area contributed by atoms with E-state index in [-0.39, 0.29) is 0 Å². The molecule has 6 nitrogen and oxygen atoms in total. The van der Waals surface area contributed by atoms with Crippen molar-refractivity contribution < 1.29 is 8.42 Å². The first-order chi connectivity index (χ1) is 10.5. The van der Waals surface area contributed by atoms with Crippen LogP contribution in [0.1, 0.15) is 12.0 Å². The predicted octanol–water partition coefficient (Wildman–Crippen LogP) is 1.28. The van der Waals surface area contributed by atoms with Crippen LogP contribution in [-0.4, -0.2) is 42.7 Å². The van der Waals surface area contributed by atoms with E-state index in [2.05, 4.69) is 14.7 Å². The topological polar surface area (TPSA) is 67.2 Å². The maximum atomic E-state index is 12.1. The molecule has 3 rings (SSSR count). The first-order valence-corrected chi connectivity index (χ1v) is 9.62. The lowest BCUT2D eigenvalue weighted by atomic mass is 10.1. The van der Waals surface area contributed by atoms with Gasteiger partial charge in [-0.1, -0.05) is 6.07 Å². The first-order valence-electron chi connectivity index (χ1n) is 7.26. The molecule has 0 saturated carbocycles. The van der Waals surface area contributed by atoms with Crippen molar-refractivity contribution in [2.24, 2.45) is 13.0 Å². The molecule has 0 radical (unpaired) electrons. The van der Waals surface area contributed by atoms with Crippen LogP contribution in [0.5, 0.6) is 0 Å². The van der Waals surface area contributed by atoms with E-state index in [1.165, 1.54) is 16.9 Å². The van der Waals surface area contributed by atoms with Crippen LogP contribution in [0.2, 0.25) is 0 Å². The van der Waals surface area contributed by atoms with E-state index in [0.29, 0.717) is 16.7 Å². The minimum atomic E-state index is -3.34. The maximum absolute atomic E-state index is 12.1. The number of hydrogen-bond acceptors (Lipinski definition) is 5. The average Bonchev–Trinajstić information content (AvgIpc) is 3.19. The zero-order valence-corrected chi connectivity index (χ0v) is 14.1. The van der Waals surface area contributed by atoms with E-state index >= 15 is 0 Å². The molecule has 3 heterocycles. The molecule has 0 bridgehead atoms. The molecule has 1 saturated heterocycles. The maximum Gasteiger partial charge on any atom is 0.250 e. The van der Waals surface area contributed by atoms with Gasteiger partial charge in [0, 0.05) is 38.4 Å². The fourth-order valence-corrected chi connectivity index (χ4v) is 4.90. The lowest BCUT2D eigenvalue weighted by molar-refractivity contribution is 0.316. The van der Waals surface area contributed by atoms with Gasteiger partial charge < -0.3 is 0 Å². The summed E-state index contributed by atoms with van der Waals surface area (Å²) in [5.74, 6) is 0.367. The number of thiophene rings is 1. The molecule has 0 aromatic carbocycles. The van der Waals surface area contributed by atoms with Gasteiger partial charge in [0.2, 0.25) is 10.0 Å². The standard InChI is InChI=1S/C14H20N4O2S2/c1-17-9-13(7-15-17)11-18-5-4-12(10-18)8-16-22(19,20)14-3-2-6-21-14/h2-3,6-7,9,12,16H,4-5,8,10-11H2,1H3/t12-/m0/s1. The Balaban J connectivity index is 1.49. The first kappa shape index (κ1) is 15.7. The second-order valence-corrected chi connectivity index (χ2v) is 8.64. The summed E-state index contributed by atoms with van der Waals surface area (Å²) < 4.78 is 29.1. The quantitative estimate of drug-likeness (QED) is 0.860. The van der Waals surface area contributed by atoms with E-state index in [1.807, 2.05) is 19.4 Å². The van der Waals surface area contributed by atoms with Crippen LogP contribution in [0, 0.1) is 5.92 Å². The SMILES string of the molecule is Cn1cc(CN2CC[C@@H](CNS(=O)(=O)c3cccs3)C2)cn1. The summed E-state index contributed by atoms with van der Waals surface area (Å²) in [5.41, 5.74) is 1.20. The highest BCUT2D eigenvalue weighted by atomic mass is 32.2. The Labute approximate surface area is 134 Å². The van der Waals surface area contributed by atoms with Crippen LogP contribution in [0.15, 0.2) is 34.1 Å².